The first kappa shape index (κ1) is 13.7. The van der Waals surface area contributed by atoms with E-state index in [-0.39, 0.29) is 5.56 Å². The van der Waals surface area contributed by atoms with Crippen molar-refractivity contribution < 1.29 is 14.6 Å². The number of carboxylic acids is 1. The first-order valence-corrected chi connectivity index (χ1v) is 6.55. The Labute approximate surface area is 106 Å². The summed E-state index contributed by atoms with van der Waals surface area (Å²) in [7, 11) is 1.88. The molecule has 4 nitrogen and oxygen atoms in total. The van der Waals surface area contributed by atoms with E-state index in [1.165, 1.54) is 11.9 Å². The molecular weight excluding hydrogens is 238 g/mol. The van der Waals surface area contributed by atoms with Gasteiger partial charge in [0.15, 0.2) is 0 Å². The molecule has 0 aliphatic carbocycles. The van der Waals surface area contributed by atoms with Crippen LogP contribution in [0.4, 0.5) is 5.69 Å². The Kier molecular flexibility index (Phi) is 5.15. The molecule has 5 heteroatoms. The predicted octanol–water partition coefficient (Wildman–Crippen LogP) is 2.89. The molecule has 0 spiro atoms. The number of ether oxygens (including phenoxy) is 1. The van der Waals surface area contributed by atoms with Crippen molar-refractivity contribution in [1.29, 1.82) is 0 Å². The van der Waals surface area contributed by atoms with Crippen molar-refractivity contribution >= 4 is 23.6 Å². The number of rotatable bonds is 6. The maximum absolute atomic E-state index is 11.0. The first-order chi connectivity index (χ1) is 8.08. The van der Waals surface area contributed by atoms with Gasteiger partial charge >= 0.3 is 5.97 Å². The Bertz CT molecular complexity index is 395. The SMILES string of the molecule is CCCOc1cc(C(=O)O)cc(N(C)SC)c1. The van der Waals surface area contributed by atoms with Gasteiger partial charge in [-0.05, 0) is 18.6 Å². The standard InChI is InChI=1S/C12H17NO3S/c1-4-5-16-11-7-9(12(14)15)6-10(8-11)13(2)17-3/h6-8H,4-5H2,1-3H3,(H,14,15). The number of carboxylic acid groups (broad SMARTS) is 1. The van der Waals surface area contributed by atoms with E-state index >= 15 is 0 Å². The molecule has 0 saturated carbocycles. The van der Waals surface area contributed by atoms with Gasteiger partial charge in [-0.3, -0.25) is 0 Å². The molecule has 0 aromatic heterocycles. The van der Waals surface area contributed by atoms with Crippen molar-refractivity contribution in [3.63, 3.8) is 0 Å². The zero-order valence-electron chi connectivity index (χ0n) is 10.3. The number of nitrogens with zero attached hydrogens (tertiary/aromatic N) is 1. The van der Waals surface area contributed by atoms with E-state index in [9.17, 15) is 4.79 Å². The lowest BCUT2D eigenvalue weighted by Gasteiger charge is -2.17. The molecule has 1 aromatic rings. The van der Waals surface area contributed by atoms with Gasteiger partial charge in [-0.1, -0.05) is 18.9 Å². The fourth-order valence-corrected chi connectivity index (χ4v) is 1.61. The van der Waals surface area contributed by atoms with E-state index < -0.39 is 5.97 Å². The molecule has 94 valence electrons. The zero-order chi connectivity index (χ0) is 12.8. The number of aromatic carboxylic acids is 1. The molecular formula is C12H17NO3S. The summed E-state index contributed by atoms with van der Waals surface area (Å²) < 4.78 is 7.38. The van der Waals surface area contributed by atoms with Crippen LogP contribution in [0.25, 0.3) is 0 Å². The van der Waals surface area contributed by atoms with Crippen LogP contribution in [-0.2, 0) is 0 Å². The lowest BCUT2D eigenvalue weighted by Crippen LogP contribution is -2.08. The van der Waals surface area contributed by atoms with Gasteiger partial charge in [0, 0.05) is 19.4 Å². The fourth-order valence-electron chi connectivity index (χ4n) is 1.30. The largest absolute Gasteiger partial charge is 0.494 e. The monoisotopic (exact) mass is 255 g/mol. The topological polar surface area (TPSA) is 49.8 Å². The summed E-state index contributed by atoms with van der Waals surface area (Å²) in [5, 5.41) is 9.03. The van der Waals surface area contributed by atoms with Crippen molar-refractivity contribution in [3.8, 4) is 5.75 Å². The third-order valence-electron chi connectivity index (χ3n) is 2.25. The van der Waals surface area contributed by atoms with Crippen molar-refractivity contribution in [1.82, 2.24) is 0 Å². The summed E-state index contributed by atoms with van der Waals surface area (Å²) in [5.74, 6) is -0.342. The molecule has 0 aliphatic rings. The highest BCUT2D eigenvalue weighted by Gasteiger charge is 2.10. The molecule has 0 fully saturated rings. The molecule has 1 N–H and O–H groups in total. The first-order valence-electron chi connectivity index (χ1n) is 5.37. The number of hydrogen-bond donors (Lipinski definition) is 1. The van der Waals surface area contributed by atoms with Crippen molar-refractivity contribution in [3.05, 3.63) is 23.8 Å². The third-order valence-corrected chi connectivity index (χ3v) is 3.01. The molecule has 0 unspecified atom stereocenters. The van der Waals surface area contributed by atoms with Crippen molar-refractivity contribution in [2.24, 2.45) is 0 Å². The molecule has 0 aliphatic heterocycles. The molecule has 0 bridgehead atoms. The number of benzene rings is 1. The van der Waals surface area contributed by atoms with Crippen LogP contribution < -0.4 is 9.04 Å². The molecule has 17 heavy (non-hydrogen) atoms. The summed E-state index contributed by atoms with van der Waals surface area (Å²) in [6.07, 6.45) is 2.82. The second kappa shape index (κ2) is 6.39. The predicted molar refractivity (Wildman–Crippen MR) is 71.1 cm³/mol. The molecule has 1 aromatic carbocycles. The van der Waals surface area contributed by atoms with Gasteiger partial charge < -0.3 is 14.1 Å². The summed E-state index contributed by atoms with van der Waals surface area (Å²) in [4.78, 5) is 11.0. The van der Waals surface area contributed by atoms with E-state index in [4.69, 9.17) is 9.84 Å². The van der Waals surface area contributed by atoms with Crippen LogP contribution in [0.1, 0.15) is 23.7 Å². The highest BCUT2D eigenvalue weighted by molar-refractivity contribution is 7.99. The van der Waals surface area contributed by atoms with Gasteiger partial charge in [0.1, 0.15) is 5.75 Å². The van der Waals surface area contributed by atoms with Crippen molar-refractivity contribution in [2.45, 2.75) is 13.3 Å². The van der Waals surface area contributed by atoms with E-state index in [1.54, 1.807) is 12.1 Å². The van der Waals surface area contributed by atoms with E-state index in [0.29, 0.717) is 12.4 Å². The second-order valence-corrected chi connectivity index (χ2v) is 4.46. The molecule has 1 rings (SSSR count). The maximum atomic E-state index is 11.0. The Hall–Kier alpha value is -1.36. The Balaban J connectivity index is 3.05. The molecule has 0 heterocycles. The minimum Gasteiger partial charge on any atom is -0.494 e. The number of hydrogen-bond acceptors (Lipinski definition) is 4. The van der Waals surface area contributed by atoms with E-state index in [0.717, 1.165) is 12.1 Å². The van der Waals surface area contributed by atoms with Crippen LogP contribution in [-0.4, -0.2) is 31.0 Å². The minimum absolute atomic E-state index is 0.245. The maximum Gasteiger partial charge on any atom is 0.335 e. The average molecular weight is 255 g/mol. The van der Waals surface area contributed by atoms with Gasteiger partial charge in [-0.2, -0.15) is 0 Å². The summed E-state index contributed by atoms with van der Waals surface area (Å²) >= 11 is 1.52. The van der Waals surface area contributed by atoms with Crippen LogP contribution >= 0.6 is 11.9 Å². The smallest absolute Gasteiger partial charge is 0.335 e. The molecule has 0 radical (unpaired) electrons. The highest BCUT2D eigenvalue weighted by atomic mass is 32.2. The zero-order valence-corrected chi connectivity index (χ0v) is 11.1. The number of carbonyl (C=O) groups is 1. The molecule has 0 amide bonds. The van der Waals surface area contributed by atoms with Gasteiger partial charge in [-0.15, -0.1) is 0 Å². The number of anilines is 1. The summed E-state index contributed by atoms with van der Waals surface area (Å²) in [6, 6.07) is 5.03. The van der Waals surface area contributed by atoms with Gasteiger partial charge in [0.05, 0.1) is 17.9 Å². The lowest BCUT2D eigenvalue weighted by molar-refractivity contribution is 0.0696. The second-order valence-electron chi connectivity index (χ2n) is 3.55. The summed E-state index contributed by atoms with van der Waals surface area (Å²) in [5.41, 5.74) is 1.07. The van der Waals surface area contributed by atoms with Crippen LogP contribution in [0.2, 0.25) is 0 Å². The minimum atomic E-state index is -0.942. The van der Waals surface area contributed by atoms with Crippen LogP contribution in [0.5, 0.6) is 5.75 Å². The average Bonchev–Trinajstić information content (AvgIpc) is 2.34. The van der Waals surface area contributed by atoms with Crippen molar-refractivity contribution in [2.75, 3.05) is 24.2 Å². The van der Waals surface area contributed by atoms with Crippen LogP contribution in [0, 0.1) is 0 Å². The van der Waals surface area contributed by atoms with Crippen LogP contribution in [0.3, 0.4) is 0 Å². The fraction of sp³-hybridized carbons (Fsp3) is 0.417. The lowest BCUT2D eigenvalue weighted by atomic mass is 10.2. The van der Waals surface area contributed by atoms with E-state index in [2.05, 4.69) is 0 Å². The molecule has 0 saturated heterocycles. The Morgan fingerprint density at radius 1 is 1.47 bits per heavy atom. The van der Waals surface area contributed by atoms with E-state index in [1.807, 2.05) is 30.6 Å². The quantitative estimate of drug-likeness (QED) is 0.792. The van der Waals surface area contributed by atoms with Gasteiger partial charge in [0.2, 0.25) is 0 Å². The summed E-state index contributed by atoms with van der Waals surface area (Å²) in [6.45, 7) is 2.60. The Morgan fingerprint density at radius 2 is 2.18 bits per heavy atom. The van der Waals surface area contributed by atoms with Crippen LogP contribution in [0.15, 0.2) is 18.2 Å². The third kappa shape index (κ3) is 3.85. The van der Waals surface area contributed by atoms with Gasteiger partial charge in [0.25, 0.3) is 0 Å². The Morgan fingerprint density at radius 3 is 2.71 bits per heavy atom. The molecule has 0 atom stereocenters. The highest BCUT2D eigenvalue weighted by Crippen LogP contribution is 2.26. The normalized spacial score (nSPS) is 10.1. The van der Waals surface area contributed by atoms with Gasteiger partial charge in [-0.25, -0.2) is 4.79 Å².